The Balaban J connectivity index is 2.49. The minimum Gasteiger partial charge on any atom is -0.380 e. The van der Waals surface area contributed by atoms with Crippen molar-refractivity contribution in [2.75, 3.05) is 25.5 Å². The van der Waals surface area contributed by atoms with Crippen molar-refractivity contribution in [1.29, 1.82) is 0 Å². The summed E-state index contributed by atoms with van der Waals surface area (Å²) in [4.78, 5) is 8.79. The van der Waals surface area contributed by atoms with Crippen molar-refractivity contribution in [2.45, 2.75) is 40.3 Å². The van der Waals surface area contributed by atoms with Gasteiger partial charge in [-0.25, -0.2) is 9.97 Å². The van der Waals surface area contributed by atoms with Crippen molar-refractivity contribution in [3.63, 3.8) is 0 Å². The molecule has 0 aliphatic heterocycles. The van der Waals surface area contributed by atoms with Gasteiger partial charge < -0.3 is 15.4 Å². The van der Waals surface area contributed by atoms with Gasteiger partial charge in [-0.3, -0.25) is 0 Å². The highest BCUT2D eigenvalue weighted by Crippen LogP contribution is 2.07. The summed E-state index contributed by atoms with van der Waals surface area (Å²) in [6, 6.07) is 0. The Morgan fingerprint density at radius 1 is 1.26 bits per heavy atom. The zero-order valence-corrected chi connectivity index (χ0v) is 12.7. The first kappa shape index (κ1) is 15.9. The number of hydrogen-bond acceptors (Lipinski definition) is 5. The molecule has 1 aromatic heterocycles. The van der Waals surface area contributed by atoms with Gasteiger partial charge in [0.2, 0.25) is 5.95 Å². The molecule has 1 rings (SSSR count). The Hall–Kier alpha value is -1.20. The number of anilines is 1. The van der Waals surface area contributed by atoms with Crippen LogP contribution in [0, 0.1) is 12.8 Å². The van der Waals surface area contributed by atoms with Crippen molar-refractivity contribution in [2.24, 2.45) is 5.92 Å². The summed E-state index contributed by atoms with van der Waals surface area (Å²) in [6.07, 6.45) is 2.03. The van der Waals surface area contributed by atoms with E-state index < -0.39 is 0 Å². The molecule has 0 spiro atoms. The molecule has 0 saturated heterocycles. The summed E-state index contributed by atoms with van der Waals surface area (Å²) in [6.45, 7) is 10.9. The van der Waals surface area contributed by atoms with Gasteiger partial charge in [-0.15, -0.1) is 0 Å². The molecule has 0 radical (unpaired) electrons. The van der Waals surface area contributed by atoms with Crippen LogP contribution < -0.4 is 10.6 Å². The molecule has 0 saturated carbocycles. The summed E-state index contributed by atoms with van der Waals surface area (Å²) < 4.78 is 5.17. The number of ether oxygens (including phenoxy) is 1. The van der Waals surface area contributed by atoms with Crippen LogP contribution in [0.3, 0.4) is 0 Å². The maximum absolute atomic E-state index is 5.17. The lowest BCUT2D eigenvalue weighted by Gasteiger charge is -2.12. The zero-order chi connectivity index (χ0) is 14.3. The van der Waals surface area contributed by atoms with Gasteiger partial charge in [-0.1, -0.05) is 13.8 Å². The van der Waals surface area contributed by atoms with Crippen LogP contribution in [0.25, 0.3) is 0 Å². The van der Waals surface area contributed by atoms with Crippen LogP contribution in [-0.4, -0.2) is 36.3 Å². The average Bonchev–Trinajstić information content (AvgIpc) is 2.37. The van der Waals surface area contributed by atoms with Crippen LogP contribution >= 0.6 is 0 Å². The largest absolute Gasteiger partial charge is 0.380 e. The quantitative estimate of drug-likeness (QED) is 0.753. The first-order valence-corrected chi connectivity index (χ1v) is 6.82. The van der Waals surface area contributed by atoms with Crippen molar-refractivity contribution in [1.82, 2.24) is 15.3 Å². The molecule has 0 fully saturated rings. The van der Waals surface area contributed by atoms with Crippen LogP contribution in [0.4, 0.5) is 5.95 Å². The van der Waals surface area contributed by atoms with Crippen molar-refractivity contribution in [3.05, 3.63) is 17.5 Å². The first-order valence-electron chi connectivity index (χ1n) is 6.82. The van der Waals surface area contributed by atoms with Crippen molar-refractivity contribution < 1.29 is 4.74 Å². The monoisotopic (exact) mass is 266 g/mol. The second-order valence-electron chi connectivity index (χ2n) is 5.26. The predicted molar refractivity (Wildman–Crippen MR) is 78.3 cm³/mol. The molecular formula is C14H26N4O. The lowest BCUT2D eigenvalue weighted by molar-refractivity contribution is 0.128. The Morgan fingerprint density at radius 2 is 2.00 bits per heavy atom. The molecule has 5 nitrogen and oxygen atoms in total. The van der Waals surface area contributed by atoms with Gasteiger partial charge in [0, 0.05) is 37.7 Å². The third-order valence-corrected chi connectivity index (χ3v) is 2.90. The highest BCUT2D eigenvalue weighted by Gasteiger charge is 2.05. The van der Waals surface area contributed by atoms with E-state index in [4.69, 9.17) is 4.74 Å². The van der Waals surface area contributed by atoms with Crippen molar-refractivity contribution in [3.8, 4) is 0 Å². The fourth-order valence-electron chi connectivity index (χ4n) is 1.56. The Labute approximate surface area is 116 Å². The van der Waals surface area contributed by atoms with Crippen LogP contribution in [0.5, 0.6) is 0 Å². The third kappa shape index (κ3) is 5.98. The number of aryl methyl sites for hydroxylation is 1. The fourth-order valence-corrected chi connectivity index (χ4v) is 1.56. The topological polar surface area (TPSA) is 59.1 Å². The van der Waals surface area contributed by atoms with E-state index in [2.05, 4.69) is 34.4 Å². The van der Waals surface area contributed by atoms with Gasteiger partial charge in [-0.05, 0) is 26.3 Å². The zero-order valence-electron chi connectivity index (χ0n) is 12.7. The molecule has 0 aliphatic rings. The molecule has 19 heavy (non-hydrogen) atoms. The van der Waals surface area contributed by atoms with Gasteiger partial charge in [0.15, 0.2) is 0 Å². The number of rotatable bonds is 8. The van der Waals surface area contributed by atoms with Crippen LogP contribution in [0.15, 0.2) is 6.20 Å². The first-order chi connectivity index (χ1) is 9.02. The molecule has 0 amide bonds. The summed E-state index contributed by atoms with van der Waals surface area (Å²) in [7, 11) is 1.70. The molecule has 5 heteroatoms. The van der Waals surface area contributed by atoms with Crippen LogP contribution in [-0.2, 0) is 11.3 Å². The van der Waals surface area contributed by atoms with Crippen molar-refractivity contribution >= 4 is 5.95 Å². The number of nitrogens with zero attached hydrogens (tertiary/aromatic N) is 2. The second-order valence-corrected chi connectivity index (χ2v) is 5.26. The molecule has 2 N–H and O–H groups in total. The average molecular weight is 266 g/mol. The maximum Gasteiger partial charge on any atom is 0.222 e. The van der Waals surface area contributed by atoms with E-state index in [1.807, 2.05) is 20.0 Å². The summed E-state index contributed by atoms with van der Waals surface area (Å²) in [5, 5.41) is 6.57. The number of hydrogen-bond donors (Lipinski definition) is 2. The van der Waals surface area contributed by atoms with Crippen LogP contribution in [0.1, 0.15) is 32.0 Å². The molecule has 1 unspecified atom stereocenters. The lowest BCUT2D eigenvalue weighted by Crippen LogP contribution is -2.21. The van der Waals surface area contributed by atoms with E-state index in [1.165, 1.54) is 0 Å². The number of methoxy groups -OCH3 is 1. The second kappa shape index (κ2) is 8.07. The number of aromatic nitrogens is 2. The highest BCUT2D eigenvalue weighted by atomic mass is 16.5. The van der Waals surface area contributed by atoms with Gasteiger partial charge >= 0.3 is 0 Å². The smallest absolute Gasteiger partial charge is 0.222 e. The normalized spacial score (nSPS) is 12.7. The van der Waals surface area contributed by atoms with E-state index in [1.54, 1.807) is 7.11 Å². The predicted octanol–water partition coefficient (Wildman–Crippen LogP) is 1.98. The van der Waals surface area contributed by atoms with E-state index in [0.717, 1.165) is 24.3 Å². The molecule has 0 aromatic carbocycles. The van der Waals surface area contributed by atoms with E-state index in [9.17, 15) is 0 Å². The Morgan fingerprint density at radius 3 is 2.58 bits per heavy atom. The minimum atomic E-state index is 0.149. The van der Waals surface area contributed by atoms with E-state index in [0.29, 0.717) is 18.4 Å². The Bertz CT molecular complexity index is 382. The number of nitrogens with one attached hydrogen (secondary N) is 2. The SMILES string of the molecule is COC(C)CNc1ncc(CNCC(C)C)c(C)n1. The summed E-state index contributed by atoms with van der Waals surface area (Å²) in [5.74, 6) is 1.31. The molecular weight excluding hydrogens is 240 g/mol. The molecule has 0 bridgehead atoms. The lowest BCUT2D eigenvalue weighted by atomic mass is 10.2. The van der Waals surface area contributed by atoms with Gasteiger partial charge in [-0.2, -0.15) is 0 Å². The third-order valence-electron chi connectivity index (χ3n) is 2.90. The standard InChI is InChI=1S/C14H26N4O/c1-10(2)6-15-8-13-9-17-14(18-12(13)4)16-7-11(3)19-5/h9-11,15H,6-8H2,1-5H3,(H,16,17,18). The molecule has 1 aromatic rings. The summed E-state index contributed by atoms with van der Waals surface area (Å²) in [5.41, 5.74) is 2.16. The van der Waals surface area contributed by atoms with Gasteiger partial charge in [0.25, 0.3) is 0 Å². The van der Waals surface area contributed by atoms with E-state index >= 15 is 0 Å². The minimum absolute atomic E-state index is 0.149. The fraction of sp³-hybridized carbons (Fsp3) is 0.714. The van der Waals surface area contributed by atoms with E-state index in [-0.39, 0.29) is 6.10 Å². The molecule has 1 heterocycles. The highest BCUT2D eigenvalue weighted by molar-refractivity contribution is 5.29. The van der Waals surface area contributed by atoms with Crippen LogP contribution in [0.2, 0.25) is 0 Å². The Kier molecular flexibility index (Phi) is 6.73. The molecule has 0 aliphatic carbocycles. The van der Waals surface area contributed by atoms with Gasteiger partial charge in [0.05, 0.1) is 6.10 Å². The summed E-state index contributed by atoms with van der Waals surface area (Å²) >= 11 is 0. The maximum atomic E-state index is 5.17. The van der Waals surface area contributed by atoms with Gasteiger partial charge in [0.1, 0.15) is 0 Å². The molecule has 1 atom stereocenters. The molecule has 108 valence electrons.